The quantitative estimate of drug-likeness (QED) is 0.352. The Morgan fingerprint density at radius 2 is 1.73 bits per heavy atom. The number of hydrogen-bond donors (Lipinski definition) is 0. The second-order valence-electron chi connectivity index (χ2n) is 8.93. The molecule has 9 nitrogen and oxygen atoms in total. The molecule has 0 N–H and O–H groups in total. The summed E-state index contributed by atoms with van der Waals surface area (Å²) < 4.78 is 18.3. The van der Waals surface area contributed by atoms with Crippen LogP contribution >= 0.6 is 11.3 Å². The van der Waals surface area contributed by atoms with Crippen LogP contribution in [0, 0.1) is 0 Å². The molecule has 0 radical (unpaired) electrons. The number of carbonyl (C=O) groups excluding carboxylic acids is 2. The van der Waals surface area contributed by atoms with Gasteiger partial charge >= 0.3 is 5.97 Å². The Bertz CT molecular complexity index is 1620. The molecular formula is C30H33N3O6S. The third-order valence-electron chi connectivity index (χ3n) is 6.59. The normalized spacial score (nSPS) is 14.8. The predicted molar refractivity (Wildman–Crippen MR) is 153 cm³/mol. The largest absolute Gasteiger partial charge is 0.496 e. The molecular weight excluding hydrogens is 530 g/mol. The molecule has 3 aromatic rings. The summed E-state index contributed by atoms with van der Waals surface area (Å²) >= 11 is 1.23. The van der Waals surface area contributed by atoms with Gasteiger partial charge in [0.15, 0.2) is 11.4 Å². The van der Waals surface area contributed by atoms with Gasteiger partial charge in [0.1, 0.15) is 17.5 Å². The number of carbonyl (C=O) groups is 2. The van der Waals surface area contributed by atoms with Gasteiger partial charge in [-0.25, -0.2) is 9.79 Å². The molecule has 1 amide bonds. The number of amides is 1. The van der Waals surface area contributed by atoms with Crippen molar-refractivity contribution in [3.05, 3.63) is 90.6 Å². The zero-order valence-corrected chi connectivity index (χ0v) is 24.1. The highest BCUT2D eigenvalue weighted by Gasteiger charge is 2.35. The fraction of sp³-hybridized carbons (Fsp3) is 0.333. The van der Waals surface area contributed by atoms with E-state index in [0.717, 1.165) is 0 Å². The van der Waals surface area contributed by atoms with E-state index in [1.165, 1.54) is 11.3 Å². The molecule has 10 heteroatoms. The van der Waals surface area contributed by atoms with Crippen LogP contribution in [-0.2, 0) is 14.3 Å². The van der Waals surface area contributed by atoms with Crippen LogP contribution in [0.3, 0.4) is 0 Å². The van der Waals surface area contributed by atoms with Crippen LogP contribution in [0.5, 0.6) is 11.5 Å². The van der Waals surface area contributed by atoms with E-state index in [9.17, 15) is 14.4 Å². The number of benzene rings is 2. The molecule has 0 saturated heterocycles. The molecule has 1 atom stereocenters. The van der Waals surface area contributed by atoms with Crippen LogP contribution in [-0.4, -0.2) is 54.8 Å². The summed E-state index contributed by atoms with van der Waals surface area (Å²) in [6.45, 7) is 8.44. The van der Waals surface area contributed by atoms with Crippen molar-refractivity contribution < 1.29 is 23.8 Å². The number of aromatic nitrogens is 1. The molecule has 0 saturated carbocycles. The predicted octanol–water partition coefficient (Wildman–Crippen LogP) is 3.05. The van der Waals surface area contributed by atoms with Gasteiger partial charge in [-0.15, -0.1) is 0 Å². The summed E-state index contributed by atoms with van der Waals surface area (Å²) in [6, 6.07) is 13.8. The number of ether oxygens (including phenoxy) is 3. The number of para-hydroxylation sites is 2. The van der Waals surface area contributed by atoms with E-state index in [2.05, 4.69) is 0 Å². The summed E-state index contributed by atoms with van der Waals surface area (Å²) in [5.41, 5.74) is 2.02. The molecule has 1 aliphatic heterocycles. The van der Waals surface area contributed by atoms with E-state index < -0.39 is 12.0 Å². The first-order chi connectivity index (χ1) is 19.3. The Kier molecular flexibility index (Phi) is 9.21. The van der Waals surface area contributed by atoms with E-state index >= 15 is 0 Å². The minimum absolute atomic E-state index is 0.172. The maximum Gasteiger partial charge on any atom is 0.344 e. The van der Waals surface area contributed by atoms with Crippen molar-refractivity contribution in [2.24, 2.45) is 4.99 Å². The lowest BCUT2D eigenvalue weighted by molar-refractivity contribution is -0.145. The fourth-order valence-electron chi connectivity index (χ4n) is 4.67. The van der Waals surface area contributed by atoms with Gasteiger partial charge in [-0.3, -0.25) is 14.2 Å². The minimum atomic E-state index is -0.724. The zero-order valence-electron chi connectivity index (χ0n) is 23.3. The van der Waals surface area contributed by atoms with Crippen molar-refractivity contribution in [1.29, 1.82) is 0 Å². The minimum Gasteiger partial charge on any atom is -0.496 e. The molecule has 1 aliphatic rings. The van der Waals surface area contributed by atoms with Crippen LogP contribution in [0.15, 0.2) is 69.6 Å². The maximum absolute atomic E-state index is 14.0. The first kappa shape index (κ1) is 28.8. The van der Waals surface area contributed by atoms with E-state index in [0.29, 0.717) is 56.3 Å². The maximum atomic E-state index is 14.0. The van der Waals surface area contributed by atoms with Crippen molar-refractivity contribution >= 4 is 29.3 Å². The van der Waals surface area contributed by atoms with Crippen molar-refractivity contribution in [3.63, 3.8) is 0 Å². The van der Waals surface area contributed by atoms with Crippen LogP contribution < -0.4 is 24.4 Å². The van der Waals surface area contributed by atoms with Crippen LogP contribution in [0.25, 0.3) is 6.08 Å². The molecule has 210 valence electrons. The topological polar surface area (TPSA) is 99.4 Å². The van der Waals surface area contributed by atoms with Crippen molar-refractivity contribution in [3.8, 4) is 11.5 Å². The van der Waals surface area contributed by atoms with Gasteiger partial charge in [0, 0.05) is 24.2 Å². The number of hydrogen-bond acceptors (Lipinski definition) is 8. The standard InChI is InChI=1S/C30H33N3O6S/c1-6-32(7-2)29(36)26-19(4)31-30-33(27(26)21-14-10-12-16-23(21)37-5)28(35)24(40-30)17-20-13-9-11-15-22(20)39-18-25(34)38-8-3/h9-17,27H,6-8,18H2,1-5H3/b24-17+/t27-/m0/s1. The summed E-state index contributed by atoms with van der Waals surface area (Å²) in [4.78, 5) is 46.6. The summed E-state index contributed by atoms with van der Waals surface area (Å²) in [6.07, 6.45) is 1.72. The zero-order chi connectivity index (χ0) is 28.8. The number of rotatable bonds is 10. The smallest absolute Gasteiger partial charge is 0.344 e. The van der Waals surface area contributed by atoms with E-state index in [1.807, 2.05) is 44.2 Å². The van der Waals surface area contributed by atoms with Gasteiger partial charge < -0.3 is 19.1 Å². The highest BCUT2D eigenvalue weighted by Crippen LogP contribution is 2.36. The lowest BCUT2D eigenvalue weighted by atomic mass is 9.94. The average molecular weight is 564 g/mol. The van der Waals surface area contributed by atoms with Gasteiger partial charge in [-0.1, -0.05) is 47.7 Å². The number of methoxy groups -OCH3 is 1. The summed E-state index contributed by atoms with van der Waals surface area (Å²) in [5.74, 6) is 0.360. The molecule has 1 aromatic heterocycles. The van der Waals surface area contributed by atoms with Crippen molar-refractivity contribution in [2.45, 2.75) is 33.7 Å². The van der Waals surface area contributed by atoms with E-state index in [-0.39, 0.29) is 24.7 Å². The Morgan fingerprint density at radius 3 is 2.40 bits per heavy atom. The highest BCUT2D eigenvalue weighted by atomic mass is 32.1. The molecule has 2 heterocycles. The molecule has 0 aliphatic carbocycles. The summed E-state index contributed by atoms with van der Waals surface area (Å²) in [5, 5.41) is 0. The van der Waals surface area contributed by atoms with Gasteiger partial charge in [-0.2, -0.15) is 0 Å². The first-order valence-electron chi connectivity index (χ1n) is 13.2. The Hall–Kier alpha value is -4.18. The Labute approximate surface area is 236 Å². The van der Waals surface area contributed by atoms with Crippen LogP contribution in [0.2, 0.25) is 0 Å². The molecule has 2 aromatic carbocycles. The van der Waals surface area contributed by atoms with Gasteiger partial charge in [0.05, 0.1) is 29.5 Å². The van der Waals surface area contributed by atoms with Gasteiger partial charge in [-0.05, 0) is 45.9 Å². The lowest BCUT2D eigenvalue weighted by Crippen LogP contribution is -2.43. The van der Waals surface area contributed by atoms with Gasteiger partial charge in [0.2, 0.25) is 0 Å². The van der Waals surface area contributed by atoms with Crippen molar-refractivity contribution in [1.82, 2.24) is 9.47 Å². The second-order valence-corrected chi connectivity index (χ2v) is 9.94. The molecule has 0 fully saturated rings. The summed E-state index contributed by atoms with van der Waals surface area (Å²) in [7, 11) is 1.57. The molecule has 4 rings (SSSR count). The highest BCUT2D eigenvalue weighted by molar-refractivity contribution is 7.07. The molecule has 0 spiro atoms. The average Bonchev–Trinajstić information content (AvgIpc) is 3.26. The number of likely N-dealkylation sites (N-methyl/N-ethyl adjacent to an activating group) is 1. The lowest BCUT2D eigenvalue weighted by Gasteiger charge is -2.29. The molecule has 0 bridgehead atoms. The van der Waals surface area contributed by atoms with E-state index in [4.69, 9.17) is 19.2 Å². The number of esters is 1. The number of allylic oxidation sites excluding steroid dienone is 1. The van der Waals surface area contributed by atoms with Crippen LogP contribution in [0.4, 0.5) is 0 Å². The molecule has 0 unspecified atom stereocenters. The number of thiazole rings is 1. The molecule has 40 heavy (non-hydrogen) atoms. The Balaban J connectivity index is 1.89. The Morgan fingerprint density at radius 1 is 1.05 bits per heavy atom. The number of nitrogens with zero attached hydrogens (tertiary/aromatic N) is 3. The first-order valence-corrected chi connectivity index (χ1v) is 14.0. The van der Waals surface area contributed by atoms with Crippen molar-refractivity contribution in [2.75, 3.05) is 33.4 Å². The van der Waals surface area contributed by atoms with Gasteiger partial charge in [0.25, 0.3) is 11.5 Å². The second kappa shape index (κ2) is 12.8. The SMILES string of the molecule is CCOC(=O)COc1ccccc1/C=c1/sc2n(c1=O)[C@@H](c1ccccc1OC)C(C(=O)N(CC)CC)=C(C)N=2. The van der Waals surface area contributed by atoms with Crippen LogP contribution in [0.1, 0.15) is 44.9 Å². The third-order valence-corrected chi connectivity index (χ3v) is 7.58. The van der Waals surface area contributed by atoms with E-state index in [1.54, 1.807) is 54.7 Å². The monoisotopic (exact) mass is 563 g/mol. The number of fused-ring (bicyclic) bond motifs is 1. The third kappa shape index (κ3) is 5.72. The fourth-order valence-corrected chi connectivity index (χ4v) is 5.71.